The van der Waals surface area contributed by atoms with E-state index in [0.29, 0.717) is 118 Å². The number of nitrogens with zero attached hydrogens (tertiary/aromatic N) is 4. The number of aliphatic hydroxyl groups excluding tert-OH is 3. The van der Waals surface area contributed by atoms with Gasteiger partial charge in [-0.15, -0.1) is 0 Å². The van der Waals surface area contributed by atoms with Gasteiger partial charge in [-0.2, -0.15) is 0 Å². The minimum Gasteiger partial charge on any atom is -0.480 e. The van der Waals surface area contributed by atoms with Gasteiger partial charge in [-0.25, -0.2) is 0 Å². The third kappa shape index (κ3) is 23.5. The molecule has 1 saturated heterocycles. The standard InChI is InChI=1S/C27H55N5O11/c33-11-15-42-19-17-40-13-9-32(10-14-41-18-20-43-16-12-34)22-25(35)21-29-3-1-28-2-4-30(23-26(36)37)6-8-31(7-5-29)24-27(38)39/h25,28,33-35H,1-24H2,(H,36,37)(H,38,39). The molecule has 6 N–H and O–H groups in total. The molecule has 0 radical (unpaired) electrons. The van der Waals surface area contributed by atoms with E-state index in [1.165, 1.54) is 0 Å². The zero-order valence-electron chi connectivity index (χ0n) is 25.5. The third-order valence-corrected chi connectivity index (χ3v) is 6.65. The Hall–Kier alpha value is -1.54. The van der Waals surface area contributed by atoms with Gasteiger partial charge in [-0.05, 0) is 0 Å². The molecule has 0 aromatic carbocycles. The van der Waals surface area contributed by atoms with Crippen LogP contribution in [0.15, 0.2) is 0 Å². The van der Waals surface area contributed by atoms with Gasteiger partial charge in [0.25, 0.3) is 0 Å². The molecular weight excluding hydrogens is 570 g/mol. The van der Waals surface area contributed by atoms with E-state index in [-0.39, 0.29) is 39.5 Å². The molecule has 0 spiro atoms. The first-order valence-corrected chi connectivity index (χ1v) is 15.1. The number of hydrogen-bond acceptors (Lipinski definition) is 14. The lowest BCUT2D eigenvalue weighted by molar-refractivity contribution is -0.140. The maximum atomic E-state index is 11.5. The molecule has 1 heterocycles. The molecule has 0 amide bonds. The lowest BCUT2D eigenvalue weighted by Crippen LogP contribution is -2.49. The second-order valence-corrected chi connectivity index (χ2v) is 10.2. The largest absolute Gasteiger partial charge is 0.480 e. The molecule has 43 heavy (non-hydrogen) atoms. The molecule has 16 heteroatoms. The van der Waals surface area contributed by atoms with E-state index in [1.807, 2.05) is 0 Å². The van der Waals surface area contributed by atoms with Crippen molar-refractivity contribution < 1.29 is 54.1 Å². The predicted molar refractivity (Wildman–Crippen MR) is 157 cm³/mol. The summed E-state index contributed by atoms with van der Waals surface area (Å²) < 4.78 is 21.7. The number of carboxylic acids is 2. The Bertz CT molecular complexity index is 680. The highest BCUT2D eigenvalue weighted by molar-refractivity contribution is 5.69. The van der Waals surface area contributed by atoms with Crippen LogP contribution >= 0.6 is 0 Å². The van der Waals surface area contributed by atoms with Crippen molar-refractivity contribution in [2.24, 2.45) is 0 Å². The summed E-state index contributed by atoms with van der Waals surface area (Å²) in [4.78, 5) is 30.5. The zero-order chi connectivity index (χ0) is 31.5. The van der Waals surface area contributed by atoms with E-state index < -0.39 is 18.0 Å². The second kappa shape index (κ2) is 26.8. The summed E-state index contributed by atoms with van der Waals surface area (Å²) >= 11 is 0. The topological polar surface area (TPSA) is 197 Å². The van der Waals surface area contributed by atoms with Crippen LogP contribution in [0.1, 0.15) is 0 Å². The van der Waals surface area contributed by atoms with E-state index in [2.05, 4.69) is 15.1 Å². The molecule has 0 saturated carbocycles. The molecule has 1 atom stereocenters. The van der Waals surface area contributed by atoms with Crippen LogP contribution in [0, 0.1) is 0 Å². The fourth-order valence-corrected chi connectivity index (χ4v) is 4.49. The van der Waals surface area contributed by atoms with Crippen LogP contribution in [-0.2, 0) is 28.5 Å². The average Bonchev–Trinajstić information content (AvgIpc) is 2.95. The van der Waals surface area contributed by atoms with Gasteiger partial charge in [0.05, 0.1) is 85.3 Å². The van der Waals surface area contributed by atoms with Gasteiger partial charge in [0.15, 0.2) is 0 Å². The maximum absolute atomic E-state index is 11.5. The average molecular weight is 626 g/mol. The SMILES string of the molecule is O=C(O)CN1CCNCCN(CC(O)CN(CCOCCOCCO)CCOCCOCCO)CCN(CC(=O)O)CC1. The van der Waals surface area contributed by atoms with Gasteiger partial charge in [-0.1, -0.05) is 0 Å². The van der Waals surface area contributed by atoms with E-state index in [0.717, 1.165) is 0 Å². The Morgan fingerprint density at radius 3 is 1.53 bits per heavy atom. The number of nitrogens with one attached hydrogen (secondary N) is 1. The Morgan fingerprint density at radius 2 is 1.07 bits per heavy atom. The van der Waals surface area contributed by atoms with Crippen LogP contribution in [0.25, 0.3) is 0 Å². The van der Waals surface area contributed by atoms with Crippen molar-refractivity contribution in [2.45, 2.75) is 6.10 Å². The van der Waals surface area contributed by atoms with Crippen LogP contribution in [-0.4, -0.2) is 221 Å². The summed E-state index contributed by atoms with van der Waals surface area (Å²) in [6, 6.07) is 0. The first-order chi connectivity index (χ1) is 20.8. The number of β-amino-alcohol motifs (C(OH)–C–C–N with tert-alkyl or cyclic N) is 1. The lowest BCUT2D eigenvalue weighted by atomic mass is 10.2. The first kappa shape index (κ1) is 39.5. The van der Waals surface area contributed by atoms with E-state index in [4.69, 9.17) is 29.2 Å². The van der Waals surface area contributed by atoms with Crippen LogP contribution in [0.5, 0.6) is 0 Å². The van der Waals surface area contributed by atoms with Crippen LogP contribution in [0.4, 0.5) is 0 Å². The number of carbonyl (C=O) groups is 2. The molecule has 1 fully saturated rings. The Morgan fingerprint density at radius 1 is 0.651 bits per heavy atom. The molecule has 1 aliphatic heterocycles. The van der Waals surface area contributed by atoms with Crippen LogP contribution in [0.2, 0.25) is 0 Å². The smallest absolute Gasteiger partial charge is 0.317 e. The van der Waals surface area contributed by atoms with Gasteiger partial charge in [0.1, 0.15) is 0 Å². The van der Waals surface area contributed by atoms with Crippen LogP contribution in [0.3, 0.4) is 0 Å². The number of ether oxygens (including phenoxy) is 4. The van der Waals surface area contributed by atoms with Crippen molar-refractivity contribution in [3.8, 4) is 0 Å². The minimum absolute atomic E-state index is 0.0349. The number of carboxylic acid groups (broad SMARTS) is 2. The molecule has 0 aromatic heterocycles. The van der Waals surface area contributed by atoms with Gasteiger partial charge < -0.3 is 49.8 Å². The summed E-state index contributed by atoms with van der Waals surface area (Å²) in [7, 11) is 0. The first-order valence-electron chi connectivity index (χ1n) is 15.1. The highest BCUT2D eigenvalue weighted by atomic mass is 16.5. The van der Waals surface area contributed by atoms with E-state index in [1.54, 1.807) is 9.80 Å². The Kier molecular flexibility index (Phi) is 24.6. The van der Waals surface area contributed by atoms with E-state index >= 15 is 0 Å². The molecule has 1 aliphatic rings. The summed E-state index contributed by atoms with van der Waals surface area (Å²) in [5.41, 5.74) is 0. The maximum Gasteiger partial charge on any atom is 0.317 e. The van der Waals surface area contributed by atoms with Crippen molar-refractivity contribution in [1.29, 1.82) is 0 Å². The number of rotatable bonds is 24. The zero-order valence-corrected chi connectivity index (χ0v) is 25.5. The molecule has 0 bridgehead atoms. The fourth-order valence-electron chi connectivity index (χ4n) is 4.49. The summed E-state index contributed by atoms with van der Waals surface area (Å²) in [5.74, 6) is -1.85. The molecular formula is C27H55N5O11. The lowest BCUT2D eigenvalue weighted by Gasteiger charge is -2.32. The highest BCUT2D eigenvalue weighted by Gasteiger charge is 2.20. The number of aliphatic carboxylic acids is 2. The fraction of sp³-hybridized carbons (Fsp3) is 0.926. The van der Waals surface area contributed by atoms with Crippen molar-refractivity contribution in [3.63, 3.8) is 0 Å². The Balaban J connectivity index is 2.65. The monoisotopic (exact) mass is 625 g/mol. The third-order valence-electron chi connectivity index (χ3n) is 6.65. The molecule has 1 unspecified atom stereocenters. The minimum atomic E-state index is -0.940. The number of aliphatic hydroxyl groups is 3. The predicted octanol–water partition coefficient (Wildman–Crippen LogP) is -3.62. The normalized spacial score (nSPS) is 17.5. The summed E-state index contributed by atoms with van der Waals surface area (Å²) in [6.45, 7) is 8.95. The van der Waals surface area contributed by atoms with Crippen molar-refractivity contribution in [3.05, 3.63) is 0 Å². The molecule has 254 valence electrons. The van der Waals surface area contributed by atoms with Crippen LogP contribution < -0.4 is 5.32 Å². The summed E-state index contributed by atoms with van der Waals surface area (Å²) in [5, 5.41) is 50.6. The molecule has 16 nitrogen and oxygen atoms in total. The van der Waals surface area contributed by atoms with Crippen molar-refractivity contribution >= 4 is 11.9 Å². The van der Waals surface area contributed by atoms with Crippen molar-refractivity contribution in [1.82, 2.24) is 24.9 Å². The van der Waals surface area contributed by atoms with Crippen molar-refractivity contribution in [2.75, 3.05) is 158 Å². The Labute approximate surface area is 255 Å². The van der Waals surface area contributed by atoms with Gasteiger partial charge in [0, 0.05) is 78.5 Å². The molecule has 0 aromatic rings. The molecule has 1 rings (SSSR count). The quantitative estimate of drug-likeness (QED) is 0.0575. The highest BCUT2D eigenvalue weighted by Crippen LogP contribution is 2.02. The van der Waals surface area contributed by atoms with Gasteiger partial charge in [0.2, 0.25) is 0 Å². The van der Waals surface area contributed by atoms with Gasteiger partial charge in [-0.3, -0.25) is 29.2 Å². The molecule has 0 aliphatic carbocycles. The second-order valence-electron chi connectivity index (χ2n) is 10.2. The summed E-state index contributed by atoms with van der Waals surface area (Å²) in [6.07, 6.45) is -0.673. The van der Waals surface area contributed by atoms with E-state index in [9.17, 15) is 24.9 Å². The van der Waals surface area contributed by atoms with Gasteiger partial charge >= 0.3 is 11.9 Å². The number of hydrogen-bond donors (Lipinski definition) is 6.